The predicted molar refractivity (Wildman–Crippen MR) is 82.3 cm³/mol. The molecule has 2 heterocycles. The Hall–Kier alpha value is -1.17. The zero-order chi connectivity index (χ0) is 15.1. The molecule has 7 heteroatoms. The lowest BCUT2D eigenvalue weighted by molar-refractivity contribution is 0.512. The largest absolute Gasteiger partial charge is 0.319 e. The molecular formula is C14H10Cl2F2N2S. The van der Waals surface area contributed by atoms with E-state index in [1.807, 2.05) is 6.07 Å². The summed E-state index contributed by atoms with van der Waals surface area (Å²) >= 11 is 13.4. The molecule has 0 fully saturated rings. The second-order valence-corrected chi connectivity index (χ2v) is 7.06. The van der Waals surface area contributed by atoms with Gasteiger partial charge in [0, 0.05) is 4.88 Å². The van der Waals surface area contributed by atoms with Gasteiger partial charge in [-0.1, -0.05) is 11.6 Å². The Morgan fingerprint density at radius 2 is 2.05 bits per heavy atom. The molecule has 2 nitrogen and oxygen atoms in total. The molecule has 110 valence electrons. The first-order valence-electron chi connectivity index (χ1n) is 6.20. The number of halogens is 4. The second kappa shape index (κ2) is 5.55. The molecule has 1 atom stereocenters. The average molecular weight is 347 g/mol. The van der Waals surface area contributed by atoms with Crippen molar-refractivity contribution in [1.29, 1.82) is 0 Å². The highest BCUT2D eigenvalue weighted by atomic mass is 35.5. The number of thiophene rings is 1. The van der Waals surface area contributed by atoms with Gasteiger partial charge in [0.15, 0.2) is 11.6 Å². The summed E-state index contributed by atoms with van der Waals surface area (Å²) in [6.45, 7) is 2.09. The van der Waals surface area contributed by atoms with Crippen LogP contribution in [0.15, 0.2) is 24.3 Å². The van der Waals surface area contributed by atoms with Crippen molar-refractivity contribution in [2.45, 2.75) is 18.8 Å². The van der Waals surface area contributed by atoms with Gasteiger partial charge in [0.05, 0.1) is 21.8 Å². The first-order valence-corrected chi connectivity index (χ1v) is 7.83. The van der Waals surface area contributed by atoms with Crippen molar-refractivity contribution >= 4 is 45.6 Å². The van der Waals surface area contributed by atoms with Crippen molar-refractivity contribution in [3.8, 4) is 0 Å². The summed E-state index contributed by atoms with van der Waals surface area (Å²) in [5.74, 6) is -1.31. The molecule has 0 N–H and O–H groups in total. The maximum Gasteiger partial charge on any atom is 0.184 e. The van der Waals surface area contributed by atoms with E-state index in [1.165, 1.54) is 17.4 Å². The van der Waals surface area contributed by atoms with Crippen LogP contribution in [0.3, 0.4) is 0 Å². The highest BCUT2D eigenvalue weighted by molar-refractivity contribution is 7.16. The van der Waals surface area contributed by atoms with Crippen LogP contribution in [-0.4, -0.2) is 9.55 Å². The molecule has 0 bridgehead atoms. The third-order valence-corrected chi connectivity index (χ3v) is 4.54. The molecule has 3 aromatic rings. The predicted octanol–water partition coefficient (Wildman–Crippen LogP) is 5.38. The fourth-order valence-corrected chi connectivity index (χ4v) is 3.47. The molecular weight excluding hydrogens is 337 g/mol. The fraction of sp³-hybridized carbons (Fsp3) is 0.214. The van der Waals surface area contributed by atoms with Crippen molar-refractivity contribution in [2.24, 2.45) is 0 Å². The van der Waals surface area contributed by atoms with Crippen LogP contribution < -0.4 is 0 Å². The Morgan fingerprint density at radius 3 is 2.67 bits per heavy atom. The van der Waals surface area contributed by atoms with E-state index in [2.05, 4.69) is 4.98 Å². The van der Waals surface area contributed by atoms with Crippen LogP contribution in [0.25, 0.3) is 11.0 Å². The topological polar surface area (TPSA) is 17.8 Å². The highest BCUT2D eigenvalue weighted by Gasteiger charge is 2.20. The molecule has 0 saturated heterocycles. The molecule has 0 aliphatic heterocycles. The molecule has 21 heavy (non-hydrogen) atoms. The van der Waals surface area contributed by atoms with Gasteiger partial charge in [-0.15, -0.1) is 22.9 Å². The van der Waals surface area contributed by atoms with Gasteiger partial charge in [0.25, 0.3) is 0 Å². The zero-order valence-electron chi connectivity index (χ0n) is 10.9. The van der Waals surface area contributed by atoms with Crippen LogP contribution in [0.4, 0.5) is 8.78 Å². The van der Waals surface area contributed by atoms with Crippen LogP contribution in [0.2, 0.25) is 4.34 Å². The molecule has 0 saturated carbocycles. The van der Waals surface area contributed by atoms with Crippen LogP contribution in [0.1, 0.15) is 23.0 Å². The number of alkyl halides is 1. The number of hydrogen-bond donors (Lipinski definition) is 0. The summed E-state index contributed by atoms with van der Waals surface area (Å²) in [6.07, 6.45) is 0. The lowest BCUT2D eigenvalue weighted by Crippen LogP contribution is -2.06. The van der Waals surface area contributed by atoms with Crippen LogP contribution >= 0.6 is 34.5 Å². The Labute approximate surface area is 133 Å². The normalized spacial score (nSPS) is 13.0. The SMILES string of the molecule is CC(Cl)c1nc2ccc(F)c(F)c2n1Cc1ccc(Cl)s1. The van der Waals surface area contributed by atoms with E-state index >= 15 is 0 Å². The van der Waals surface area contributed by atoms with E-state index < -0.39 is 17.0 Å². The van der Waals surface area contributed by atoms with Gasteiger partial charge in [0.2, 0.25) is 0 Å². The van der Waals surface area contributed by atoms with Crippen LogP contribution in [0.5, 0.6) is 0 Å². The third-order valence-electron chi connectivity index (χ3n) is 3.13. The maximum absolute atomic E-state index is 14.1. The quantitative estimate of drug-likeness (QED) is 0.582. The fourth-order valence-electron chi connectivity index (χ4n) is 2.23. The minimum atomic E-state index is -0.911. The number of imidazole rings is 1. The van der Waals surface area contributed by atoms with Gasteiger partial charge in [-0.25, -0.2) is 13.8 Å². The summed E-state index contributed by atoms with van der Waals surface area (Å²) in [7, 11) is 0. The number of nitrogens with zero attached hydrogens (tertiary/aromatic N) is 2. The summed E-state index contributed by atoms with van der Waals surface area (Å²) in [4.78, 5) is 5.23. The maximum atomic E-state index is 14.1. The number of aromatic nitrogens is 2. The van der Waals surface area contributed by atoms with Gasteiger partial charge in [-0.05, 0) is 31.2 Å². The smallest absolute Gasteiger partial charge is 0.184 e. The van der Waals surface area contributed by atoms with Crippen molar-refractivity contribution in [2.75, 3.05) is 0 Å². The Bertz CT molecular complexity index is 811. The lowest BCUT2D eigenvalue weighted by Gasteiger charge is -2.09. The van der Waals surface area contributed by atoms with Crippen molar-refractivity contribution < 1.29 is 8.78 Å². The molecule has 0 spiro atoms. The standard InChI is InChI=1S/C14H10Cl2F2N2S/c1-7(15)14-19-10-4-3-9(17)12(18)13(10)20(14)6-8-2-5-11(16)21-8/h2-5,7H,6H2,1H3. The molecule has 1 unspecified atom stereocenters. The zero-order valence-corrected chi connectivity index (χ0v) is 13.2. The average Bonchev–Trinajstić information content (AvgIpc) is 2.99. The van der Waals surface area contributed by atoms with Crippen LogP contribution in [-0.2, 0) is 6.54 Å². The number of fused-ring (bicyclic) bond motifs is 1. The number of hydrogen-bond acceptors (Lipinski definition) is 2. The minimum Gasteiger partial charge on any atom is -0.319 e. The molecule has 0 amide bonds. The molecule has 0 aliphatic carbocycles. The van der Waals surface area contributed by atoms with Crippen LogP contribution in [0, 0.1) is 11.6 Å². The highest BCUT2D eigenvalue weighted by Crippen LogP contribution is 2.30. The van der Waals surface area contributed by atoms with E-state index in [1.54, 1.807) is 17.6 Å². The second-order valence-electron chi connectivity index (χ2n) is 4.61. The summed E-state index contributed by atoms with van der Waals surface area (Å²) < 4.78 is 29.9. The van der Waals surface area contributed by atoms with Gasteiger partial charge < -0.3 is 4.57 Å². The summed E-state index contributed by atoms with van der Waals surface area (Å²) in [5.41, 5.74) is 0.515. The van der Waals surface area contributed by atoms with Gasteiger partial charge in [-0.3, -0.25) is 0 Å². The summed E-state index contributed by atoms with van der Waals surface area (Å²) in [5, 5.41) is -0.421. The van der Waals surface area contributed by atoms with E-state index in [0.717, 1.165) is 10.9 Å². The van der Waals surface area contributed by atoms with E-state index in [4.69, 9.17) is 23.2 Å². The third kappa shape index (κ3) is 2.65. The van der Waals surface area contributed by atoms with E-state index in [0.29, 0.717) is 22.2 Å². The van der Waals surface area contributed by atoms with Gasteiger partial charge in [0.1, 0.15) is 11.3 Å². The van der Waals surface area contributed by atoms with Gasteiger partial charge in [-0.2, -0.15) is 0 Å². The van der Waals surface area contributed by atoms with Crippen molar-refractivity contribution in [1.82, 2.24) is 9.55 Å². The van der Waals surface area contributed by atoms with E-state index in [-0.39, 0.29) is 5.52 Å². The minimum absolute atomic E-state index is 0.127. The Morgan fingerprint density at radius 1 is 1.29 bits per heavy atom. The molecule has 2 aromatic heterocycles. The lowest BCUT2D eigenvalue weighted by atomic mass is 10.3. The first-order chi connectivity index (χ1) is 9.97. The number of benzene rings is 1. The molecule has 0 aliphatic rings. The van der Waals surface area contributed by atoms with Gasteiger partial charge >= 0.3 is 0 Å². The first kappa shape index (κ1) is 14.8. The van der Waals surface area contributed by atoms with E-state index in [9.17, 15) is 8.78 Å². The molecule has 3 rings (SSSR count). The monoisotopic (exact) mass is 346 g/mol. The molecule has 0 radical (unpaired) electrons. The number of rotatable bonds is 3. The Balaban J connectivity index is 2.22. The van der Waals surface area contributed by atoms with Crippen molar-refractivity contribution in [3.63, 3.8) is 0 Å². The molecule has 1 aromatic carbocycles. The summed E-state index contributed by atoms with van der Waals surface area (Å²) in [6, 6.07) is 6.13. The Kier molecular flexibility index (Phi) is 3.90. The van der Waals surface area contributed by atoms with Crippen molar-refractivity contribution in [3.05, 3.63) is 50.9 Å².